The number of hydrogen-bond acceptors (Lipinski definition) is 3. The van der Waals surface area contributed by atoms with Crippen LogP contribution in [0.3, 0.4) is 0 Å². The van der Waals surface area contributed by atoms with Crippen molar-refractivity contribution >= 4 is 26.8 Å². The van der Waals surface area contributed by atoms with Gasteiger partial charge in [0, 0.05) is 15.4 Å². The van der Waals surface area contributed by atoms with Gasteiger partial charge in [-0.05, 0) is 24.6 Å². The van der Waals surface area contributed by atoms with Crippen molar-refractivity contribution in [3.05, 3.63) is 28.2 Å². The SMILES string of the molecule is CCc1cc2c(OC)cc(Br)cc2nc1OC. The molecule has 0 saturated heterocycles. The number of rotatable bonds is 3. The van der Waals surface area contributed by atoms with Crippen molar-refractivity contribution in [2.24, 2.45) is 0 Å². The van der Waals surface area contributed by atoms with Gasteiger partial charge in [0.25, 0.3) is 0 Å². The molecule has 0 aliphatic rings. The molecule has 0 amide bonds. The first-order valence-corrected chi connectivity index (χ1v) is 6.20. The maximum absolute atomic E-state index is 5.37. The zero-order valence-corrected chi connectivity index (χ0v) is 11.7. The van der Waals surface area contributed by atoms with Crippen molar-refractivity contribution in [1.82, 2.24) is 4.98 Å². The topological polar surface area (TPSA) is 31.4 Å². The van der Waals surface area contributed by atoms with Crippen LogP contribution in [0.5, 0.6) is 11.6 Å². The van der Waals surface area contributed by atoms with Gasteiger partial charge in [0.15, 0.2) is 0 Å². The summed E-state index contributed by atoms with van der Waals surface area (Å²) in [5.41, 5.74) is 1.95. The van der Waals surface area contributed by atoms with Crippen LogP contribution in [0.4, 0.5) is 0 Å². The highest BCUT2D eigenvalue weighted by molar-refractivity contribution is 9.10. The van der Waals surface area contributed by atoms with E-state index in [1.165, 1.54) is 0 Å². The van der Waals surface area contributed by atoms with E-state index in [0.29, 0.717) is 5.88 Å². The lowest BCUT2D eigenvalue weighted by Gasteiger charge is -2.10. The lowest BCUT2D eigenvalue weighted by atomic mass is 10.1. The number of ether oxygens (including phenoxy) is 2. The van der Waals surface area contributed by atoms with Gasteiger partial charge in [-0.25, -0.2) is 4.98 Å². The predicted octanol–water partition coefficient (Wildman–Crippen LogP) is 3.58. The Kier molecular flexibility index (Phi) is 3.52. The Morgan fingerprint density at radius 3 is 2.53 bits per heavy atom. The normalized spacial score (nSPS) is 10.6. The highest BCUT2D eigenvalue weighted by Crippen LogP contribution is 2.32. The Morgan fingerprint density at radius 1 is 1.18 bits per heavy atom. The van der Waals surface area contributed by atoms with Crippen LogP contribution in [-0.2, 0) is 6.42 Å². The molecule has 0 aliphatic heterocycles. The maximum atomic E-state index is 5.37. The molecule has 0 spiro atoms. The fourth-order valence-corrected chi connectivity index (χ4v) is 2.26. The summed E-state index contributed by atoms with van der Waals surface area (Å²) in [6.07, 6.45) is 0.880. The molecule has 3 nitrogen and oxygen atoms in total. The number of methoxy groups -OCH3 is 2. The molecule has 1 heterocycles. The Hall–Kier alpha value is -1.29. The molecular weight excluding hydrogens is 282 g/mol. The van der Waals surface area contributed by atoms with Gasteiger partial charge in [0.1, 0.15) is 5.75 Å². The minimum absolute atomic E-state index is 0.681. The Morgan fingerprint density at radius 2 is 1.94 bits per heavy atom. The quantitative estimate of drug-likeness (QED) is 0.867. The van der Waals surface area contributed by atoms with E-state index in [4.69, 9.17) is 9.47 Å². The van der Waals surface area contributed by atoms with Crippen molar-refractivity contribution in [3.63, 3.8) is 0 Å². The van der Waals surface area contributed by atoms with E-state index in [-0.39, 0.29) is 0 Å². The smallest absolute Gasteiger partial charge is 0.216 e. The third-order valence-corrected chi connectivity index (χ3v) is 3.15. The van der Waals surface area contributed by atoms with Crippen LogP contribution in [0.25, 0.3) is 10.9 Å². The molecule has 0 N–H and O–H groups in total. The third kappa shape index (κ3) is 2.22. The molecule has 0 aliphatic carbocycles. The molecule has 0 atom stereocenters. The average molecular weight is 296 g/mol. The van der Waals surface area contributed by atoms with Crippen molar-refractivity contribution < 1.29 is 9.47 Å². The van der Waals surface area contributed by atoms with Crippen molar-refractivity contribution in [1.29, 1.82) is 0 Å². The van der Waals surface area contributed by atoms with Crippen molar-refractivity contribution in [2.45, 2.75) is 13.3 Å². The van der Waals surface area contributed by atoms with Crippen LogP contribution in [0.15, 0.2) is 22.7 Å². The molecule has 2 rings (SSSR count). The number of pyridine rings is 1. The predicted molar refractivity (Wildman–Crippen MR) is 71.9 cm³/mol. The molecule has 90 valence electrons. The third-order valence-electron chi connectivity index (χ3n) is 2.69. The molecule has 0 saturated carbocycles. The molecule has 1 aromatic carbocycles. The second-order valence-electron chi connectivity index (χ2n) is 3.69. The van der Waals surface area contributed by atoms with E-state index in [1.807, 2.05) is 12.1 Å². The summed E-state index contributed by atoms with van der Waals surface area (Å²) in [5.74, 6) is 1.50. The zero-order valence-electron chi connectivity index (χ0n) is 10.1. The van der Waals surface area contributed by atoms with Gasteiger partial charge in [0.2, 0.25) is 5.88 Å². The summed E-state index contributed by atoms with van der Waals surface area (Å²) in [5, 5.41) is 1.01. The molecule has 0 unspecified atom stereocenters. The number of aryl methyl sites for hydroxylation is 1. The monoisotopic (exact) mass is 295 g/mol. The molecule has 4 heteroatoms. The molecule has 0 bridgehead atoms. The summed E-state index contributed by atoms with van der Waals surface area (Å²) >= 11 is 3.45. The van der Waals surface area contributed by atoms with Gasteiger partial charge >= 0.3 is 0 Å². The second-order valence-corrected chi connectivity index (χ2v) is 4.60. The van der Waals surface area contributed by atoms with E-state index >= 15 is 0 Å². The zero-order chi connectivity index (χ0) is 12.4. The first kappa shape index (κ1) is 12.2. The largest absolute Gasteiger partial charge is 0.496 e. The first-order valence-electron chi connectivity index (χ1n) is 5.40. The van der Waals surface area contributed by atoms with Crippen molar-refractivity contribution in [2.75, 3.05) is 14.2 Å². The van der Waals surface area contributed by atoms with Crippen molar-refractivity contribution in [3.8, 4) is 11.6 Å². The number of hydrogen-bond donors (Lipinski definition) is 0. The van der Waals surface area contributed by atoms with Crippen LogP contribution < -0.4 is 9.47 Å². The Bertz CT molecular complexity index is 555. The van der Waals surface area contributed by atoms with Crippen LogP contribution >= 0.6 is 15.9 Å². The summed E-state index contributed by atoms with van der Waals surface area (Å²) in [6, 6.07) is 5.97. The molecule has 0 radical (unpaired) electrons. The fourth-order valence-electron chi connectivity index (χ4n) is 1.83. The highest BCUT2D eigenvalue weighted by Gasteiger charge is 2.10. The summed E-state index contributed by atoms with van der Waals surface area (Å²) < 4.78 is 11.6. The number of benzene rings is 1. The van der Waals surface area contributed by atoms with E-state index in [0.717, 1.165) is 33.1 Å². The number of halogens is 1. The lowest BCUT2D eigenvalue weighted by molar-refractivity contribution is 0.394. The van der Waals surface area contributed by atoms with E-state index in [2.05, 4.69) is 33.9 Å². The van der Waals surface area contributed by atoms with Gasteiger partial charge in [0.05, 0.1) is 19.7 Å². The minimum atomic E-state index is 0.681. The molecule has 0 fully saturated rings. The molecule has 1 aromatic heterocycles. The van der Waals surface area contributed by atoms with Crippen LogP contribution in [0.1, 0.15) is 12.5 Å². The summed E-state index contributed by atoms with van der Waals surface area (Å²) in [7, 11) is 3.31. The summed E-state index contributed by atoms with van der Waals surface area (Å²) in [4.78, 5) is 4.50. The van der Waals surface area contributed by atoms with Crippen LogP contribution in [0, 0.1) is 0 Å². The standard InChI is InChI=1S/C13H14BrNO2/c1-4-8-5-10-11(15-13(8)17-3)6-9(14)7-12(10)16-2/h5-7H,4H2,1-3H3. The second kappa shape index (κ2) is 4.92. The fraction of sp³-hybridized carbons (Fsp3) is 0.308. The Labute approximate surface area is 109 Å². The highest BCUT2D eigenvalue weighted by atomic mass is 79.9. The number of aromatic nitrogens is 1. The van der Waals surface area contributed by atoms with Gasteiger partial charge in [-0.2, -0.15) is 0 Å². The number of fused-ring (bicyclic) bond motifs is 1. The minimum Gasteiger partial charge on any atom is -0.496 e. The van der Waals surface area contributed by atoms with Crippen LogP contribution in [-0.4, -0.2) is 19.2 Å². The lowest BCUT2D eigenvalue weighted by Crippen LogP contribution is -1.96. The summed E-state index contributed by atoms with van der Waals surface area (Å²) in [6.45, 7) is 2.08. The first-order chi connectivity index (χ1) is 8.19. The molecular formula is C13H14BrNO2. The molecule has 17 heavy (non-hydrogen) atoms. The van der Waals surface area contributed by atoms with Gasteiger partial charge in [-0.3, -0.25) is 0 Å². The Balaban J connectivity index is 2.77. The van der Waals surface area contributed by atoms with Gasteiger partial charge < -0.3 is 9.47 Å². The van der Waals surface area contributed by atoms with E-state index < -0.39 is 0 Å². The number of nitrogens with zero attached hydrogens (tertiary/aromatic N) is 1. The van der Waals surface area contributed by atoms with Gasteiger partial charge in [-0.15, -0.1) is 0 Å². The van der Waals surface area contributed by atoms with E-state index in [9.17, 15) is 0 Å². The maximum Gasteiger partial charge on any atom is 0.216 e. The van der Waals surface area contributed by atoms with E-state index in [1.54, 1.807) is 14.2 Å². The molecule has 2 aromatic rings. The average Bonchev–Trinajstić information content (AvgIpc) is 2.35. The van der Waals surface area contributed by atoms with Crippen LogP contribution in [0.2, 0.25) is 0 Å². The van der Waals surface area contributed by atoms with Gasteiger partial charge in [-0.1, -0.05) is 22.9 Å².